The Labute approximate surface area is 201 Å². The van der Waals surface area contributed by atoms with E-state index < -0.39 is 6.00 Å². The first-order chi connectivity index (χ1) is 14.5. The summed E-state index contributed by atoms with van der Waals surface area (Å²) < 4.78 is 5.97. The van der Waals surface area contributed by atoms with Gasteiger partial charge in [0, 0.05) is 0 Å². The zero-order valence-corrected chi connectivity index (χ0v) is 22.3. The van der Waals surface area contributed by atoms with Gasteiger partial charge in [-0.25, -0.2) is 0 Å². The average molecular weight is 494 g/mol. The standard InChI is InChI=1S/C25H43Cl3OSi/c1-2-3-4-5-6-7-8-9-10-11-12-13-14-15-16-20-23-25(30(26,27)28)29-24-21-18-17-19-22-24/h17-19,21-22,25H,2-16,20,23H2,1H3. The molecule has 174 valence electrons. The monoisotopic (exact) mass is 492 g/mol. The van der Waals surface area contributed by atoms with Gasteiger partial charge in [-0.2, -0.15) is 0 Å². The van der Waals surface area contributed by atoms with Crippen LogP contribution in [0, 0.1) is 0 Å². The van der Waals surface area contributed by atoms with Crippen LogP contribution in [-0.2, 0) is 0 Å². The topological polar surface area (TPSA) is 9.23 Å². The summed E-state index contributed by atoms with van der Waals surface area (Å²) in [6.45, 7) is 2.28. The number of hydrogen-bond donors (Lipinski definition) is 0. The molecule has 1 rings (SSSR count). The largest absolute Gasteiger partial charge is 0.490 e. The maximum absolute atomic E-state index is 6.26. The lowest BCUT2D eigenvalue weighted by atomic mass is 10.0. The van der Waals surface area contributed by atoms with Crippen LogP contribution in [-0.4, -0.2) is 11.7 Å². The Morgan fingerprint density at radius 2 is 1.03 bits per heavy atom. The Balaban J connectivity index is 1.94. The van der Waals surface area contributed by atoms with E-state index in [4.69, 9.17) is 38.0 Å². The molecule has 0 spiro atoms. The normalized spacial score (nSPS) is 12.8. The minimum atomic E-state index is -2.88. The van der Waals surface area contributed by atoms with Gasteiger partial charge in [-0.05, 0) is 25.0 Å². The zero-order valence-electron chi connectivity index (χ0n) is 19.0. The number of benzene rings is 1. The summed E-state index contributed by atoms with van der Waals surface area (Å²) in [5, 5.41) is 0. The molecule has 0 aliphatic heterocycles. The Morgan fingerprint density at radius 1 is 0.633 bits per heavy atom. The number of rotatable bonds is 20. The second-order valence-corrected chi connectivity index (χ2v) is 17.4. The Hall–Kier alpha value is 0.107. The van der Waals surface area contributed by atoms with Gasteiger partial charge in [0.15, 0.2) is 0 Å². The summed E-state index contributed by atoms with van der Waals surface area (Å²) >= 11 is 18.8. The molecule has 1 aromatic rings. The molecule has 5 heteroatoms. The van der Waals surface area contributed by atoms with Crippen molar-refractivity contribution in [3.63, 3.8) is 0 Å². The van der Waals surface area contributed by atoms with Crippen molar-refractivity contribution in [1.29, 1.82) is 0 Å². The number of ether oxygens (including phenoxy) is 1. The number of hydrogen-bond acceptors (Lipinski definition) is 1. The van der Waals surface area contributed by atoms with Crippen LogP contribution in [0.15, 0.2) is 30.3 Å². The van der Waals surface area contributed by atoms with Crippen molar-refractivity contribution >= 4 is 39.2 Å². The summed E-state index contributed by atoms with van der Waals surface area (Å²) in [6, 6.07) is 6.81. The predicted molar refractivity (Wildman–Crippen MR) is 138 cm³/mol. The van der Waals surface area contributed by atoms with Crippen LogP contribution in [0.5, 0.6) is 5.75 Å². The first kappa shape index (κ1) is 28.1. The highest BCUT2D eigenvalue weighted by atomic mass is 35.8. The molecule has 0 amide bonds. The average Bonchev–Trinajstić information content (AvgIpc) is 2.72. The van der Waals surface area contributed by atoms with E-state index in [-0.39, 0.29) is 5.73 Å². The van der Waals surface area contributed by atoms with Gasteiger partial charge in [0.2, 0.25) is 0 Å². The molecule has 0 aromatic heterocycles. The van der Waals surface area contributed by atoms with Gasteiger partial charge in [-0.1, -0.05) is 121 Å². The number of para-hydroxylation sites is 1. The molecule has 1 atom stereocenters. The molecule has 1 nitrogen and oxygen atoms in total. The third-order valence-corrected chi connectivity index (χ3v) is 9.03. The highest BCUT2D eigenvalue weighted by Crippen LogP contribution is 2.31. The second-order valence-electron chi connectivity index (χ2n) is 8.55. The lowest BCUT2D eigenvalue weighted by molar-refractivity contribution is 0.260. The van der Waals surface area contributed by atoms with Crippen molar-refractivity contribution in [2.24, 2.45) is 0 Å². The fourth-order valence-corrected chi connectivity index (χ4v) is 6.01. The van der Waals surface area contributed by atoms with E-state index in [2.05, 4.69) is 6.92 Å². The molecule has 0 fully saturated rings. The van der Waals surface area contributed by atoms with Gasteiger partial charge in [0.1, 0.15) is 11.5 Å². The SMILES string of the molecule is CCCCCCCCCCCCCCCCCCC(Oc1ccccc1)[Si](Cl)(Cl)Cl. The van der Waals surface area contributed by atoms with E-state index in [1.807, 2.05) is 30.3 Å². The summed E-state index contributed by atoms with van der Waals surface area (Å²) in [5.41, 5.74) is -0.267. The molecule has 30 heavy (non-hydrogen) atoms. The molecule has 0 aliphatic carbocycles. The molecular formula is C25H43Cl3OSi. The fourth-order valence-electron chi connectivity index (χ4n) is 3.83. The quantitative estimate of drug-likeness (QED) is 0.0996. The maximum atomic E-state index is 6.26. The molecule has 1 aromatic carbocycles. The van der Waals surface area contributed by atoms with Gasteiger partial charge >= 0.3 is 6.00 Å². The van der Waals surface area contributed by atoms with Gasteiger partial charge < -0.3 is 4.74 Å². The van der Waals surface area contributed by atoms with Crippen LogP contribution in [0.4, 0.5) is 0 Å². The van der Waals surface area contributed by atoms with Crippen LogP contribution in [0.2, 0.25) is 0 Å². The summed E-state index contributed by atoms with van der Waals surface area (Å²) in [5.74, 6) is 0.790. The van der Waals surface area contributed by atoms with Crippen molar-refractivity contribution in [2.45, 2.75) is 122 Å². The Bertz CT molecular complexity index is 493. The molecule has 0 saturated heterocycles. The molecule has 0 heterocycles. The number of halogens is 3. The van der Waals surface area contributed by atoms with E-state index in [0.717, 1.165) is 18.6 Å². The molecule has 0 N–H and O–H groups in total. The lowest BCUT2D eigenvalue weighted by Gasteiger charge is -2.23. The predicted octanol–water partition coefficient (Wildman–Crippen LogP) is 10.3. The molecule has 0 aliphatic rings. The van der Waals surface area contributed by atoms with E-state index in [1.54, 1.807) is 0 Å². The summed E-state index contributed by atoms with van der Waals surface area (Å²) in [4.78, 5) is 0. The van der Waals surface area contributed by atoms with Crippen LogP contribution < -0.4 is 4.74 Å². The zero-order chi connectivity index (χ0) is 21.9. The van der Waals surface area contributed by atoms with E-state index in [1.165, 1.54) is 96.3 Å². The minimum Gasteiger partial charge on any atom is -0.490 e. The van der Waals surface area contributed by atoms with Crippen LogP contribution in [0.25, 0.3) is 0 Å². The van der Waals surface area contributed by atoms with Crippen LogP contribution in [0.1, 0.15) is 116 Å². The summed E-state index contributed by atoms with van der Waals surface area (Å²) in [6.07, 6.45) is 22.6. The van der Waals surface area contributed by atoms with Crippen LogP contribution in [0.3, 0.4) is 0 Å². The molecule has 0 saturated carbocycles. The van der Waals surface area contributed by atoms with Gasteiger partial charge in [0.05, 0.1) is 0 Å². The lowest BCUT2D eigenvalue weighted by Crippen LogP contribution is -2.36. The Morgan fingerprint density at radius 3 is 1.43 bits per heavy atom. The van der Waals surface area contributed by atoms with Crippen LogP contribution >= 0.6 is 33.2 Å². The third kappa shape index (κ3) is 15.8. The minimum absolute atomic E-state index is 0.267. The first-order valence-corrected chi connectivity index (χ1v) is 17.4. The molecule has 1 unspecified atom stereocenters. The smallest absolute Gasteiger partial charge is 0.381 e. The second kappa shape index (κ2) is 18.7. The van der Waals surface area contributed by atoms with Gasteiger partial charge in [-0.3, -0.25) is 0 Å². The van der Waals surface area contributed by atoms with Gasteiger partial charge in [0.25, 0.3) is 0 Å². The maximum Gasteiger partial charge on any atom is 0.381 e. The number of unbranched alkanes of at least 4 members (excludes halogenated alkanes) is 15. The van der Waals surface area contributed by atoms with Crippen molar-refractivity contribution < 1.29 is 4.74 Å². The molecule has 0 bridgehead atoms. The highest BCUT2D eigenvalue weighted by molar-refractivity contribution is 7.65. The van der Waals surface area contributed by atoms with Crippen molar-refractivity contribution in [3.05, 3.63) is 30.3 Å². The molecular weight excluding hydrogens is 451 g/mol. The highest BCUT2D eigenvalue weighted by Gasteiger charge is 2.38. The van der Waals surface area contributed by atoms with Crippen molar-refractivity contribution in [2.75, 3.05) is 0 Å². The fraction of sp³-hybridized carbons (Fsp3) is 0.760. The summed E-state index contributed by atoms with van der Waals surface area (Å²) in [7, 11) is 0. The van der Waals surface area contributed by atoms with E-state index >= 15 is 0 Å². The first-order valence-electron chi connectivity index (χ1n) is 12.3. The molecule has 0 radical (unpaired) electrons. The van der Waals surface area contributed by atoms with Crippen molar-refractivity contribution in [1.82, 2.24) is 0 Å². The van der Waals surface area contributed by atoms with Gasteiger partial charge in [-0.15, -0.1) is 33.2 Å². The Kier molecular flexibility index (Phi) is 17.5. The van der Waals surface area contributed by atoms with E-state index in [0.29, 0.717) is 0 Å². The van der Waals surface area contributed by atoms with Crippen molar-refractivity contribution in [3.8, 4) is 5.75 Å². The van der Waals surface area contributed by atoms with E-state index in [9.17, 15) is 0 Å². The third-order valence-electron chi connectivity index (χ3n) is 5.71.